The van der Waals surface area contributed by atoms with E-state index in [1.54, 1.807) is 6.92 Å². The minimum absolute atomic E-state index is 0.0160. The molecule has 0 aliphatic heterocycles. The second kappa shape index (κ2) is 9.52. The summed E-state index contributed by atoms with van der Waals surface area (Å²) in [5.41, 5.74) is -1.44. The van der Waals surface area contributed by atoms with Crippen LogP contribution in [0, 0.1) is 5.41 Å². The van der Waals surface area contributed by atoms with E-state index in [1.165, 1.54) is 30.3 Å². The molecule has 168 valence electrons. The third-order valence-corrected chi connectivity index (χ3v) is 7.24. The van der Waals surface area contributed by atoms with E-state index in [1.807, 2.05) is 5.32 Å². The van der Waals surface area contributed by atoms with Crippen molar-refractivity contribution in [3.63, 3.8) is 0 Å². The lowest BCUT2D eigenvalue weighted by Crippen LogP contribution is -2.24. The summed E-state index contributed by atoms with van der Waals surface area (Å²) in [5.74, 6) is -0.975. The standard InChI is InChI=1S/C19H19F3N2O5S2/c1-3-29-12-6-11(8-17(25)26)7-13(9-12)31(27,28)18-5-4-15(30-18)14(23)10-16(24-2)19(20,21)22/h4-7,9-10,23-24H,3,8H2,1-2H3,(H,25,26)/b16-10-,23-14?. The Balaban J connectivity index is 2.45. The second-order valence-corrected chi connectivity index (χ2v) is 9.42. The number of allylic oxidation sites excluding steroid dienone is 2. The van der Waals surface area contributed by atoms with E-state index in [9.17, 15) is 26.4 Å². The van der Waals surface area contributed by atoms with Crippen molar-refractivity contribution < 1.29 is 36.2 Å². The topological polar surface area (TPSA) is 117 Å². The highest BCUT2D eigenvalue weighted by Gasteiger charge is 2.33. The summed E-state index contributed by atoms with van der Waals surface area (Å²) in [7, 11) is -3.06. The molecule has 0 atom stereocenters. The third-order valence-electron chi connectivity index (χ3n) is 3.89. The first-order valence-corrected chi connectivity index (χ1v) is 11.1. The summed E-state index contributed by atoms with van der Waals surface area (Å²) in [6.45, 7) is 1.92. The number of aliphatic carboxylic acids is 1. The molecule has 2 aromatic rings. The van der Waals surface area contributed by atoms with E-state index in [0.29, 0.717) is 17.4 Å². The molecule has 1 heterocycles. The van der Waals surface area contributed by atoms with Crippen LogP contribution in [0.1, 0.15) is 17.4 Å². The molecule has 0 aliphatic rings. The van der Waals surface area contributed by atoms with Gasteiger partial charge in [0.05, 0.1) is 28.5 Å². The van der Waals surface area contributed by atoms with Crippen molar-refractivity contribution in [3.05, 3.63) is 52.5 Å². The Labute approximate surface area is 180 Å². The molecular weight excluding hydrogens is 457 g/mol. The molecule has 0 amide bonds. The molecule has 12 heteroatoms. The molecule has 0 spiro atoms. The van der Waals surface area contributed by atoms with Crippen molar-refractivity contribution in [2.45, 2.75) is 28.6 Å². The van der Waals surface area contributed by atoms with E-state index < -0.39 is 39.8 Å². The number of rotatable bonds is 9. The van der Waals surface area contributed by atoms with Crippen LogP contribution in [-0.4, -0.2) is 45.0 Å². The van der Waals surface area contributed by atoms with Crippen LogP contribution in [-0.2, 0) is 21.1 Å². The average molecular weight is 476 g/mol. The zero-order chi connectivity index (χ0) is 23.4. The van der Waals surface area contributed by atoms with E-state index in [0.717, 1.165) is 7.05 Å². The molecular formula is C19H19F3N2O5S2. The van der Waals surface area contributed by atoms with Gasteiger partial charge in [0.15, 0.2) is 0 Å². The summed E-state index contributed by atoms with van der Waals surface area (Å²) < 4.78 is 69.8. The number of carbonyl (C=O) groups is 1. The van der Waals surface area contributed by atoms with Gasteiger partial charge in [-0.3, -0.25) is 10.2 Å². The fraction of sp³-hybridized carbons (Fsp3) is 0.263. The molecule has 7 nitrogen and oxygen atoms in total. The molecule has 1 aromatic carbocycles. The van der Waals surface area contributed by atoms with Crippen molar-refractivity contribution in [1.29, 1.82) is 5.41 Å². The normalized spacial score (nSPS) is 12.5. The summed E-state index contributed by atoms with van der Waals surface area (Å²) in [4.78, 5) is 10.8. The number of carboxylic acids is 1. The van der Waals surface area contributed by atoms with E-state index in [2.05, 4.69) is 0 Å². The van der Waals surface area contributed by atoms with E-state index in [4.69, 9.17) is 15.3 Å². The SMILES string of the molecule is CCOc1cc(CC(=O)O)cc(S(=O)(=O)c2ccc(C(=N)/C=C(\NC)C(F)(F)F)s2)c1. The van der Waals surface area contributed by atoms with E-state index >= 15 is 0 Å². The second-order valence-electron chi connectivity index (χ2n) is 6.16. The summed E-state index contributed by atoms with van der Waals surface area (Å²) >= 11 is 0.635. The van der Waals surface area contributed by atoms with Gasteiger partial charge in [0.1, 0.15) is 15.7 Å². The van der Waals surface area contributed by atoms with Crippen LogP contribution in [0.2, 0.25) is 0 Å². The minimum atomic E-state index is -4.69. The fourth-order valence-electron chi connectivity index (χ4n) is 2.55. The number of halogens is 3. The first-order valence-electron chi connectivity index (χ1n) is 8.77. The molecule has 0 fully saturated rings. The van der Waals surface area contributed by atoms with Gasteiger partial charge in [-0.2, -0.15) is 13.2 Å². The predicted molar refractivity (Wildman–Crippen MR) is 109 cm³/mol. The Morgan fingerprint density at radius 1 is 1.29 bits per heavy atom. The lowest BCUT2D eigenvalue weighted by atomic mass is 10.1. The molecule has 0 aliphatic carbocycles. The Kier molecular flexibility index (Phi) is 7.49. The Morgan fingerprint density at radius 3 is 2.52 bits per heavy atom. The molecule has 2 rings (SSSR count). The number of alkyl halides is 3. The summed E-state index contributed by atoms with van der Waals surface area (Å²) in [5, 5.41) is 18.9. The van der Waals surface area contributed by atoms with Crippen LogP contribution < -0.4 is 10.1 Å². The van der Waals surface area contributed by atoms with Crippen LogP contribution in [0.15, 0.2) is 51.2 Å². The van der Waals surface area contributed by atoms with E-state index in [-0.39, 0.29) is 31.9 Å². The highest BCUT2D eigenvalue weighted by Crippen LogP contribution is 2.32. The highest BCUT2D eigenvalue weighted by atomic mass is 32.2. The van der Waals surface area contributed by atoms with Gasteiger partial charge in [-0.05, 0) is 48.9 Å². The number of ether oxygens (including phenoxy) is 1. The van der Waals surface area contributed by atoms with Crippen LogP contribution >= 0.6 is 11.3 Å². The number of nitrogens with one attached hydrogen (secondary N) is 2. The summed E-state index contributed by atoms with van der Waals surface area (Å²) in [6, 6.07) is 6.31. The lowest BCUT2D eigenvalue weighted by Gasteiger charge is -2.10. The number of thiophene rings is 1. The lowest BCUT2D eigenvalue weighted by molar-refractivity contribution is -0.136. The number of carboxylic acid groups (broad SMARTS) is 1. The average Bonchev–Trinajstić information content (AvgIpc) is 3.15. The molecule has 0 saturated carbocycles. The third kappa shape index (κ3) is 6.07. The summed E-state index contributed by atoms with van der Waals surface area (Å²) in [6.07, 6.45) is -4.53. The first-order chi connectivity index (χ1) is 14.4. The largest absolute Gasteiger partial charge is 0.494 e. The van der Waals surface area contributed by atoms with Gasteiger partial charge in [0, 0.05) is 7.05 Å². The first kappa shape index (κ1) is 24.4. The zero-order valence-electron chi connectivity index (χ0n) is 16.4. The number of benzene rings is 1. The van der Waals surface area contributed by atoms with Crippen LogP contribution in [0.5, 0.6) is 5.75 Å². The number of hydrogen-bond acceptors (Lipinski definition) is 7. The van der Waals surface area contributed by atoms with Gasteiger partial charge < -0.3 is 15.2 Å². The van der Waals surface area contributed by atoms with Gasteiger partial charge in [-0.25, -0.2) is 8.42 Å². The van der Waals surface area contributed by atoms with Crippen molar-refractivity contribution in [2.75, 3.05) is 13.7 Å². The monoisotopic (exact) mass is 476 g/mol. The Bertz CT molecular complexity index is 1120. The fourth-order valence-corrected chi connectivity index (χ4v) is 5.26. The molecule has 0 unspecified atom stereocenters. The highest BCUT2D eigenvalue weighted by molar-refractivity contribution is 7.93. The maximum atomic E-state index is 13.0. The molecule has 1 aromatic heterocycles. The maximum Gasteiger partial charge on any atom is 0.430 e. The number of hydrogen-bond donors (Lipinski definition) is 3. The smallest absolute Gasteiger partial charge is 0.430 e. The predicted octanol–water partition coefficient (Wildman–Crippen LogP) is 3.64. The molecule has 0 bridgehead atoms. The number of sulfone groups is 1. The van der Waals surface area contributed by atoms with Crippen molar-refractivity contribution in [2.24, 2.45) is 0 Å². The van der Waals surface area contributed by atoms with Gasteiger partial charge >= 0.3 is 12.1 Å². The molecule has 3 N–H and O–H groups in total. The maximum absolute atomic E-state index is 13.0. The van der Waals surface area contributed by atoms with Crippen molar-refractivity contribution in [3.8, 4) is 5.75 Å². The Hall–Kier alpha value is -2.86. The van der Waals surface area contributed by atoms with Gasteiger partial charge in [-0.15, -0.1) is 11.3 Å². The van der Waals surface area contributed by atoms with Crippen molar-refractivity contribution >= 4 is 32.9 Å². The van der Waals surface area contributed by atoms with Crippen LogP contribution in [0.25, 0.3) is 0 Å². The quantitative estimate of drug-likeness (QED) is 0.476. The van der Waals surface area contributed by atoms with Gasteiger partial charge in [0.25, 0.3) is 0 Å². The zero-order valence-corrected chi connectivity index (χ0v) is 18.0. The molecule has 0 saturated heterocycles. The Morgan fingerprint density at radius 2 is 1.97 bits per heavy atom. The molecule has 0 radical (unpaired) electrons. The van der Waals surface area contributed by atoms with Crippen LogP contribution in [0.3, 0.4) is 0 Å². The minimum Gasteiger partial charge on any atom is -0.494 e. The molecule has 31 heavy (non-hydrogen) atoms. The van der Waals surface area contributed by atoms with Crippen LogP contribution in [0.4, 0.5) is 13.2 Å². The van der Waals surface area contributed by atoms with Gasteiger partial charge in [-0.1, -0.05) is 0 Å². The van der Waals surface area contributed by atoms with Crippen molar-refractivity contribution in [1.82, 2.24) is 5.32 Å². The van der Waals surface area contributed by atoms with Gasteiger partial charge in [0.2, 0.25) is 9.84 Å².